The monoisotopic (exact) mass is 113 g/mol. The van der Waals surface area contributed by atoms with Crippen LogP contribution in [0.15, 0.2) is 5.10 Å². The zero-order valence-corrected chi connectivity index (χ0v) is 5.31. The molecule has 0 atom stereocenters. The van der Waals surface area contributed by atoms with Crippen LogP contribution in [0.4, 0.5) is 0 Å². The van der Waals surface area contributed by atoms with E-state index in [0.29, 0.717) is 0 Å². The van der Waals surface area contributed by atoms with Crippen LogP contribution in [0.5, 0.6) is 0 Å². The SMILES string of the molecule is CCC1=NNCN1C. The molecule has 0 spiro atoms. The van der Waals surface area contributed by atoms with Crippen molar-refractivity contribution in [3.8, 4) is 0 Å². The van der Waals surface area contributed by atoms with E-state index in [4.69, 9.17) is 0 Å². The number of hydrogen-bond donors (Lipinski definition) is 1. The molecule has 0 aromatic heterocycles. The molecule has 1 N–H and O–H groups in total. The van der Waals surface area contributed by atoms with Crippen molar-refractivity contribution in [3.05, 3.63) is 0 Å². The fourth-order valence-electron chi connectivity index (χ4n) is 0.758. The molecular weight excluding hydrogens is 102 g/mol. The summed E-state index contributed by atoms with van der Waals surface area (Å²) in [4.78, 5) is 2.10. The molecule has 3 heteroatoms. The average Bonchev–Trinajstić information content (AvgIpc) is 2.14. The Morgan fingerprint density at radius 1 is 1.88 bits per heavy atom. The van der Waals surface area contributed by atoms with Gasteiger partial charge in [-0.2, -0.15) is 5.10 Å². The van der Waals surface area contributed by atoms with Gasteiger partial charge in [-0.25, -0.2) is 0 Å². The Kier molecular flexibility index (Phi) is 1.37. The second-order valence-electron chi connectivity index (χ2n) is 1.90. The lowest BCUT2D eigenvalue weighted by Crippen LogP contribution is -2.23. The van der Waals surface area contributed by atoms with Crippen LogP contribution >= 0.6 is 0 Å². The summed E-state index contributed by atoms with van der Waals surface area (Å²) in [6.07, 6.45) is 1.02. The first-order chi connectivity index (χ1) is 3.84. The van der Waals surface area contributed by atoms with Gasteiger partial charge in [-0.1, -0.05) is 6.92 Å². The Labute approximate surface area is 49.4 Å². The first kappa shape index (κ1) is 5.41. The number of nitrogens with one attached hydrogen (secondary N) is 1. The fraction of sp³-hybridized carbons (Fsp3) is 0.800. The van der Waals surface area contributed by atoms with Crippen molar-refractivity contribution in [1.82, 2.24) is 10.3 Å². The number of rotatable bonds is 1. The zero-order valence-electron chi connectivity index (χ0n) is 5.31. The highest BCUT2D eigenvalue weighted by Crippen LogP contribution is 1.95. The molecule has 46 valence electrons. The van der Waals surface area contributed by atoms with Gasteiger partial charge in [0.15, 0.2) is 0 Å². The lowest BCUT2D eigenvalue weighted by atomic mass is 10.4. The van der Waals surface area contributed by atoms with Crippen molar-refractivity contribution in [2.24, 2.45) is 5.10 Å². The zero-order chi connectivity index (χ0) is 5.98. The summed E-state index contributed by atoms with van der Waals surface area (Å²) in [5, 5.41) is 4.03. The molecule has 1 aliphatic heterocycles. The third-order valence-corrected chi connectivity index (χ3v) is 1.27. The second-order valence-corrected chi connectivity index (χ2v) is 1.90. The second kappa shape index (κ2) is 2.03. The lowest BCUT2D eigenvalue weighted by Gasteiger charge is -2.08. The van der Waals surface area contributed by atoms with E-state index in [1.54, 1.807) is 0 Å². The lowest BCUT2D eigenvalue weighted by molar-refractivity contribution is 0.500. The summed E-state index contributed by atoms with van der Waals surface area (Å²) in [6, 6.07) is 0. The largest absolute Gasteiger partial charge is 0.343 e. The quantitative estimate of drug-likeness (QED) is 0.526. The third kappa shape index (κ3) is 0.757. The molecule has 0 fully saturated rings. The Bertz CT molecular complexity index is 108. The number of amidine groups is 1. The normalized spacial score (nSPS) is 18.2. The molecule has 0 amide bonds. The smallest absolute Gasteiger partial charge is 0.125 e. The Morgan fingerprint density at radius 3 is 2.88 bits per heavy atom. The highest BCUT2D eigenvalue weighted by molar-refractivity contribution is 5.82. The van der Waals surface area contributed by atoms with Gasteiger partial charge in [0.1, 0.15) is 12.5 Å². The van der Waals surface area contributed by atoms with Gasteiger partial charge in [0.25, 0.3) is 0 Å². The van der Waals surface area contributed by atoms with Crippen molar-refractivity contribution < 1.29 is 0 Å². The van der Waals surface area contributed by atoms with Gasteiger partial charge >= 0.3 is 0 Å². The van der Waals surface area contributed by atoms with Crippen LogP contribution in [0.1, 0.15) is 13.3 Å². The summed E-state index contributed by atoms with van der Waals surface area (Å²) in [6.45, 7) is 2.96. The van der Waals surface area contributed by atoms with Crippen molar-refractivity contribution >= 4 is 5.84 Å². The number of nitrogens with zero attached hydrogens (tertiary/aromatic N) is 2. The maximum absolute atomic E-state index is 4.03. The molecule has 1 heterocycles. The molecule has 0 radical (unpaired) electrons. The predicted molar refractivity (Wildman–Crippen MR) is 33.5 cm³/mol. The van der Waals surface area contributed by atoms with Crippen molar-refractivity contribution in [3.63, 3.8) is 0 Å². The molecule has 0 saturated carbocycles. The van der Waals surface area contributed by atoms with Crippen molar-refractivity contribution in [2.75, 3.05) is 13.7 Å². The first-order valence-electron chi connectivity index (χ1n) is 2.85. The Hall–Kier alpha value is -0.730. The van der Waals surface area contributed by atoms with Gasteiger partial charge in [0, 0.05) is 13.5 Å². The highest BCUT2D eigenvalue weighted by Gasteiger charge is 2.07. The molecule has 0 saturated heterocycles. The Morgan fingerprint density at radius 2 is 2.62 bits per heavy atom. The molecule has 1 rings (SSSR count). The third-order valence-electron chi connectivity index (χ3n) is 1.27. The molecule has 0 aromatic rings. The Balaban J connectivity index is 2.49. The molecule has 1 aliphatic rings. The van der Waals surface area contributed by atoms with E-state index >= 15 is 0 Å². The van der Waals surface area contributed by atoms with Gasteiger partial charge in [-0.05, 0) is 0 Å². The van der Waals surface area contributed by atoms with Crippen LogP contribution in [0.3, 0.4) is 0 Å². The fourth-order valence-corrected chi connectivity index (χ4v) is 0.758. The first-order valence-corrected chi connectivity index (χ1v) is 2.85. The standard InChI is InChI=1S/C5H11N3/c1-3-5-7-6-4-8(5)2/h6H,3-4H2,1-2H3. The average molecular weight is 113 g/mol. The highest BCUT2D eigenvalue weighted by atomic mass is 15.5. The van der Waals surface area contributed by atoms with E-state index in [1.165, 1.54) is 0 Å². The van der Waals surface area contributed by atoms with E-state index in [2.05, 4.69) is 22.4 Å². The summed E-state index contributed by atoms with van der Waals surface area (Å²) in [5.41, 5.74) is 2.89. The topological polar surface area (TPSA) is 27.6 Å². The number of hydrogen-bond acceptors (Lipinski definition) is 3. The van der Waals surface area contributed by atoms with Crippen molar-refractivity contribution in [2.45, 2.75) is 13.3 Å². The van der Waals surface area contributed by atoms with Crippen molar-refractivity contribution in [1.29, 1.82) is 0 Å². The molecule has 8 heavy (non-hydrogen) atoms. The van der Waals surface area contributed by atoms with Gasteiger partial charge < -0.3 is 4.90 Å². The van der Waals surface area contributed by atoms with Crippen LogP contribution in [-0.2, 0) is 0 Å². The van der Waals surface area contributed by atoms with Gasteiger partial charge in [-0.3, -0.25) is 5.43 Å². The summed E-state index contributed by atoms with van der Waals surface area (Å²) < 4.78 is 0. The van der Waals surface area contributed by atoms with E-state index in [9.17, 15) is 0 Å². The minimum absolute atomic E-state index is 0.864. The van der Waals surface area contributed by atoms with Crippen LogP contribution in [0, 0.1) is 0 Å². The summed E-state index contributed by atoms with van der Waals surface area (Å²) in [5.74, 6) is 1.14. The molecule has 0 unspecified atom stereocenters. The minimum atomic E-state index is 0.864. The summed E-state index contributed by atoms with van der Waals surface area (Å²) >= 11 is 0. The molecular formula is C5H11N3. The van der Waals surface area contributed by atoms with Crippen LogP contribution < -0.4 is 5.43 Å². The molecule has 0 bridgehead atoms. The number of hydrazone groups is 1. The van der Waals surface area contributed by atoms with E-state index in [1.807, 2.05) is 7.05 Å². The van der Waals surface area contributed by atoms with Gasteiger partial charge in [0.2, 0.25) is 0 Å². The van der Waals surface area contributed by atoms with Gasteiger partial charge in [0.05, 0.1) is 0 Å². The summed E-state index contributed by atoms with van der Waals surface area (Å²) in [7, 11) is 2.03. The van der Waals surface area contributed by atoms with Gasteiger partial charge in [-0.15, -0.1) is 0 Å². The van der Waals surface area contributed by atoms with Crippen LogP contribution in [-0.4, -0.2) is 24.5 Å². The maximum Gasteiger partial charge on any atom is 0.125 e. The van der Waals surface area contributed by atoms with E-state index < -0.39 is 0 Å². The van der Waals surface area contributed by atoms with Crippen LogP contribution in [0.2, 0.25) is 0 Å². The predicted octanol–water partition coefficient (Wildman–Crippen LogP) is 0.202. The van der Waals surface area contributed by atoms with Crippen LogP contribution in [0.25, 0.3) is 0 Å². The molecule has 0 aromatic carbocycles. The molecule has 0 aliphatic carbocycles. The van der Waals surface area contributed by atoms with E-state index in [0.717, 1.165) is 18.9 Å². The minimum Gasteiger partial charge on any atom is -0.343 e. The maximum atomic E-state index is 4.03. The molecule has 3 nitrogen and oxygen atoms in total. The van der Waals surface area contributed by atoms with E-state index in [-0.39, 0.29) is 0 Å².